The molecule has 1 rings (SSSR count). The average molecular weight is 217 g/mol. The van der Waals surface area contributed by atoms with Gasteiger partial charge in [-0.05, 0) is 18.9 Å². The molecule has 2 heteroatoms. The smallest absolute Gasteiger partial charge is 0.249 e. The molecule has 0 spiro atoms. The first-order valence-electron chi connectivity index (χ1n) is 5.61. The number of carbonyl (C=O) groups is 1. The van der Waals surface area contributed by atoms with Crippen molar-refractivity contribution in [2.24, 2.45) is 0 Å². The van der Waals surface area contributed by atoms with E-state index in [1.54, 1.807) is 4.90 Å². The van der Waals surface area contributed by atoms with E-state index in [2.05, 4.69) is 0 Å². The van der Waals surface area contributed by atoms with Crippen molar-refractivity contribution in [3.8, 4) is 0 Å². The van der Waals surface area contributed by atoms with Gasteiger partial charge in [-0.15, -0.1) is 0 Å². The molecule has 0 heterocycles. The minimum atomic E-state index is 0.103. The van der Waals surface area contributed by atoms with Crippen molar-refractivity contribution < 1.29 is 4.79 Å². The van der Waals surface area contributed by atoms with Crippen molar-refractivity contribution in [2.45, 2.75) is 26.8 Å². The van der Waals surface area contributed by atoms with Gasteiger partial charge in [-0.2, -0.15) is 0 Å². The van der Waals surface area contributed by atoms with Gasteiger partial charge in [-0.3, -0.25) is 4.79 Å². The highest BCUT2D eigenvalue weighted by Gasteiger charge is 2.10. The van der Waals surface area contributed by atoms with E-state index in [0.717, 1.165) is 17.6 Å². The lowest BCUT2D eigenvalue weighted by Gasteiger charge is -2.17. The highest BCUT2D eigenvalue weighted by Crippen LogP contribution is 2.06. The fraction of sp³-hybridized carbons (Fsp3) is 0.357. The van der Waals surface area contributed by atoms with E-state index in [9.17, 15) is 4.79 Å². The van der Waals surface area contributed by atoms with E-state index in [1.165, 1.54) is 0 Å². The van der Waals surface area contributed by atoms with Crippen molar-refractivity contribution in [3.05, 3.63) is 47.5 Å². The van der Waals surface area contributed by atoms with Crippen molar-refractivity contribution in [3.63, 3.8) is 0 Å². The molecule has 0 bridgehead atoms. The zero-order chi connectivity index (χ0) is 12.0. The Hall–Kier alpha value is -1.57. The molecule has 1 aromatic carbocycles. The normalized spacial score (nSPS) is 11.3. The molecule has 0 aromatic heterocycles. The summed E-state index contributed by atoms with van der Waals surface area (Å²) in [5, 5.41) is 0. The van der Waals surface area contributed by atoms with Gasteiger partial charge in [0.05, 0.1) is 0 Å². The predicted molar refractivity (Wildman–Crippen MR) is 67.0 cm³/mol. The third-order valence-electron chi connectivity index (χ3n) is 2.46. The fourth-order valence-corrected chi connectivity index (χ4v) is 1.62. The number of nitrogens with zero attached hydrogens (tertiary/aromatic N) is 1. The van der Waals surface area contributed by atoms with Gasteiger partial charge < -0.3 is 4.90 Å². The minimum absolute atomic E-state index is 0.103. The molecule has 0 N–H and O–H groups in total. The molecule has 0 fully saturated rings. The molecule has 0 saturated heterocycles. The fourth-order valence-electron chi connectivity index (χ4n) is 1.62. The van der Waals surface area contributed by atoms with Crippen LogP contribution < -0.4 is 0 Å². The summed E-state index contributed by atoms with van der Waals surface area (Å²) in [5.74, 6) is 0.103. The van der Waals surface area contributed by atoms with Crippen LogP contribution in [0.25, 0.3) is 0 Å². The SMILES string of the molecule is CC/C=C(/C)C(=O)N(C)Cc1ccccc1. The molecule has 86 valence electrons. The maximum absolute atomic E-state index is 11.9. The van der Waals surface area contributed by atoms with Crippen LogP contribution in [0.3, 0.4) is 0 Å². The number of likely N-dealkylation sites (N-methyl/N-ethyl adjacent to an activating group) is 1. The zero-order valence-corrected chi connectivity index (χ0v) is 10.2. The molecular formula is C14H19NO. The van der Waals surface area contributed by atoms with Crippen LogP contribution in [-0.2, 0) is 11.3 Å². The first-order chi connectivity index (χ1) is 7.65. The van der Waals surface area contributed by atoms with E-state index >= 15 is 0 Å². The zero-order valence-electron chi connectivity index (χ0n) is 10.2. The maximum atomic E-state index is 11.9. The van der Waals surface area contributed by atoms with E-state index in [-0.39, 0.29) is 5.91 Å². The number of carbonyl (C=O) groups excluding carboxylic acids is 1. The summed E-state index contributed by atoms with van der Waals surface area (Å²) in [6.07, 6.45) is 2.86. The van der Waals surface area contributed by atoms with E-state index in [0.29, 0.717) is 6.54 Å². The number of amides is 1. The van der Waals surface area contributed by atoms with Crippen LogP contribution in [0.4, 0.5) is 0 Å². The summed E-state index contributed by atoms with van der Waals surface area (Å²) in [5.41, 5.74) is 1.98. The Bertz CT molecular complexity index is 368. The first kappa shape index (κ1) is 12.5. The van der Waals surface area contributed by atoms with Crippen LogP contribution in [0, 0.1) is 0 Å². The Balaban J connectivity index is 2.63. The van der Waals surface area contributed by atoms with E-state index < -0.39 is 0 Å². The molecule has 0 radical (unpaired) electrons. The number of allylic oxidation sites excluding steroid dienone is 1. The van der Waals surface area contributed by atoms with Crippen LogP contribution in [0.5, 0.6) is 0 Å². The van der Waals surface area contributed by atoms with Gasteiger partial charge in [0.1, 0.15) is 0 Å². The summed E-state index contributed by atoms with van der Waals surface area (Å²) in [6.45, 7) is 4.57. The standard InChI is InChI=1S/C14H19NO/c1-4-8-12(2)14(16)15(3)11-13-9-6-5-7-10-13/h5-10H,4,11H2,1-3H3/b12-8-. The van der Waals surface area contributed by atoms with Gasteiger partial charge in [0.15, 0.2) is 0 Å². The van der Waals surface area contributed by atoms with Gasteiger partial charge in [0, 0.05) is 19.2 Å². The van der Waals surface area contributed by atoms with E-state index in [4.69, 9.17) is 0 Å². The molecule has 0 aliphatic heterocycles. The lowest BCUT2D eigenvalue weighted by molar-refractivity contribution is -0.126. The number of benzene rings is 1. The monoisotopic (exact) mass is 217 g/mol. The number of hydrogen-bond acceptors (Lipinski definition) is 1. The van der Waals surface area contributed by atoms with E-state index in [1.807, 2.05) is 57.3 Å². The summed E-state index contributed by atoms with van der Waals surface area (Å²) in [6, 6.07) is 10.0. The van der Waals surface area contributed by atoms with Crippen molar-refractivity contribution in [1.29, 1.82) is 0 Å². The second-order valence-electron chi connectivity index (χ2n) is 3.94. The van der Waals surface area contributed by atoms with Gasteiger partial charge in [-0.25, -0.2) is 0 Å². The van der Waals surface area contributed by atoms with Crippen LogP contribution in [0.2, 0.25) is 0 Å². The minimum Gasteiger partial charge on any atom is -0.338 e. The molecule has 0 aliphatic carbocycles. The van der Waals surface area contributed by atoms with Gasteiger partial charge >= 0.3 is 0 Å². The highest BCUT2D eigenvalue weighted by molar-refractivity contribution is 5.92. The van der Waals surface area contributed by atoms with Crippen LogP contribution in [0.15, 0.2) is 42.0 Å². The first-order valence-corrected chi connectivity index (χ1v) is 5.61. The summed E-state index contributed by atoms with van der Waals surface area (Å²) in [4.78, 5) is 13.6. The Morgan fingerprint density at radius 3 is 2.50 bits per heavy atom. The molecule has 0 atom stereocenters. The summed E-state index contributed by atoms with van der Waals surface area (Å²) in [7, 11) is 1.84. The van der Waals surface area contributed by atoms with Gasteiger partial charge in [0.2, 0.25) is 5.91 Å². The van der Waals surface area contributed by atoms with Crippen molar-refractivity contribution >= 4 is 5.91 Å². The largest absolute Gasteiger partial charge is 0.338 e. The van der Waals surface area contributed by atoms with Crippen molar-refractivity contribution in [2.75, 3.05) is 7.05 Å². The lowest BCUT2D eigenvalue weighted by atomic mass is 10.2. The van der Waals surface area contributed by atoms with Gasteiger partial charge in [-0.1, -0.05) is 43.3 Å². The van der Waals surface area contributed by atoms with Crippen LogP contribution in [-0.4, -0.2) is 17.9 Å². The lowest BCUT2D eigenvalue weighted by Crippen LogP contribution is -2.26. The molecule has 1 aromatic rings. The van der Waals surface area contributed by atoms with Crippen LogP contribution in [0.1, 0.15) is 25.8 Å². The molecule has 2 nitrogen and oxygen atoms in total. The quantitative estimate of drug-likeness (QED) is 0.710. The third kappa shape index (κ3) is 3.54. The summed E-state index contributed by atoms with van der Waals surface area (Å²) < 4.78 is 0. The Morgan fingerprint density at radius 2 is 1.94 bits per heavy atom. The van der Waals surface area contributed by atoms with Gasteiger partial charge in [0.25, 0.3) is 0 Å². The summed E-state index contributed by atoms with van der Waals surface area (Å²) >= 11 is 0. The molecule has 0 saturated carbocycles. The van der Waals surface area contributed by atoms with Crippen LogP contribution >= 0.6 is 0 Å². The third-order valence-corrected chi connectivity index (χ3v) is 2.46. The molecule has 0 unspecified atom stereocenters. The predicted octanol–water partition coefficient (Wildman–Crippen LogP) is 3.00. The van der Waals surface area contributed by atoms with Crippen molar-refractivity contribution in [1.82, 2.24) is 4.90 Å². The molecule has 1 amide bonds. The Labute approximate surface area is 97.6 Å². The Morgan fingerprint density at radius 1 is 1.31 bits per heavy atom. The second kappa shape index (κ2) is 6.11. The average Bonchev–Trinajstić information content (AvgIpc) is 2.29. The highest BCUT2D eigenvalue weighted by atomic mass is 16.2. The number of hydrogen-bond donors (Lipinski definition) is 0. The molecule has 0 aliphatic rings. The second-order valence-corrected chi connectivity index (χ2v) is 3.94. The number of rotatable bonds is 4. The topological polar surface area (TPSA) is 20.3 Å². The molecular weight excluding hydrogens is 198 g/mol. The Kier molecular flexibility index (Phi) is 4.77. The maximum Gasteiger partial charge on any atom is 0.249 e. The molecule has 16 heavy (non-hydrogen) atoms.